The zero-order valence-electron chi connectivity index (χ0n) is 9.62. The minimum Gasteiger partial charge on any atom is -0.507 e. The maximum Gasteiger partial charge on any atom is 0.259 e. The number of benzene rings is 1. The molecule has 0 fully saturated rings. The fourth-order valence-corrected chi connectivity index (χ4v) is 1.25. The molecule has 5 heteroatoms. The van der Waals surface area contributed by atoms with Crippen LogP contribution in [0.5, 0.6) is 5.75 Å². The van der Waals surface area contributed by atoms with Crippen LogP contribution in [-0.2, 0) is 0 Å². The van der Waals surface area contributed by atoms with Crippen LogP contribution in [0.25, 0.3) is 0 Å². The van der Waals surface area contributed by atoms with Gasteiger partial charge in [0.05, 0.1) is 6.07 Å². The summed E-state index contributed by atoms with van der Waals surface area (Å²) in [5.74, 6) is -2.07. The normalized spacial score (nSPS) is 13.5. The first-order valence-corrected chi connectivity index (χ1v) is 5.14. The maximum atomic E-state index is 13.4. The van der Waals surface area contributed by atoms with Crippen LogP contribution in [0.4, 0.5) is 4.39 Å². The Labute approximate surface area is 98.7 Å². The van der Waals surface area contributed by atoms with Gasteiger partial charge in [0.1, 0.15) is 22.7 Å². The maximum absolute atomic E-state index is 13.4. The molecule has 2 N–H and O–H groups in total. The third-order valence-corrected chi connectivity index (χ3v) is 2.56. The summed E-state index contributed by atoms with van der Waals surface area (Å²) in [5.41, 5.74) is -1.52. The summed E-state index contributed by atoms with van der Waals surface area (Å²) in [5, 5.41) is 20.7. The number of hydrogen-bond acceptors (Lipinski definition) is 3. The molecule has 1 aromatic carbocycles. The molecule has 0 aliphatic carbocycles. The number of carbonyl (C=O) groups is 1. The van der Waals surface area contributed by atoms with E-state index in [4.69, 9.17) is 5.26 Å². The van der Waals surface area contributed by atoms with Gasteiger partial charge >= 0.3 is 0 Å². The van der Waals surface area contributed by atoms with Gasteiger partial charge in [-0.05, 0) is 25.5 Å². The Morgan fingerprint density at radius 2 is 2.29 bits per heavy atom. The first-order valence-electron chi connectivity index (χ1n) is 5.14. The molecule has 0 spiro atoms. The van der Waals surface area contributed by atoms with Gasteiger partial charge in [0.2, 0.25) is 0 Å². The van der Waals surface area contributed by atoms with E-state index >= 15 is 0 Å². The van der Waals surface area contributed by atoms with Gasteiger partial charge in [-0.2, -0.15) is 5.26 Å². The van der Waals surface area contributed by atoms with Gasteiger partial charge in [-0.25, -0.2) is 4.39 Å². The third-order valence-electron chi connectivity index (χ3n) is 2.56. The zero-order valence-corrected chi connectivity index (χ0v) is 9.62. The Morgan fingerprint density at radius 3 is 2.76 bits per heavy atom. The molecule has 0 saturated carbocycles. The first kappa shape index (κ1) is 13.0. The Hall–Kier alpha value is -2.09. The van der Waals surface area contributed by atoms with Gasteiger partial charge in [0, 0.05) is 0 Å². The lowest BCUT2D eigenvalue weighted by Gasteiger charge is -2.21. The molecule has 4 nitrogen and oxygen atoms in total. The lowest BCUT2D eigenvalue weighted by atomic mass is 10.0. The Balaban J connectivity index is 3.03. The third kappa shape index (κ3) is 2.72. The Bertz CT molecular complexity index is 462. The minimum atomic E-state index is -1.08. The summed E-state index contributed by atoms with van der Waals surface area (Å²) in [6, 6.07) is 5.52. The predicted octanol–water partition coefficient (Wildman–Crippen LogP) is 1.95. The van der Waals surface area contributed by atoms with Crippen LogP contribution < -0.4 is 5.32 Å². The molecule has 0 saturated heterocycles. The topological polar surface area (TPSA) is 73.1 Å². The monoisotopic (exact) mass is 236 g/mol. The number of hydrogen-bond donors (Lipinski definition) is 2. The van der Waals surface area contributed by atoms with Crippen molar-refractivity contribution in [3.05, 3.63) is 29.6 Å². The van der Waals surface area contributed by atoms with Crippen LogP contribution in [-0.4, -0.2) is 16.6 Å². The number of aromatic hydroxyl groups is 1. The number of rotatable bonds is 3. The fourth-order valence-electron chi connectivity index (χ4n) is 1.25. The lowest BCUT2D eigenvalue weighted by Crippen LogP contribution is -2.44. The van der Waals surface area contributed by atoms with Gasteiger partial charge in [-0.15, -0.1) is 0 Å². The molecule has 0 aliphatic rings. The molecule has 0 heterocycles. The van der Waals surface area contributed by atoms with Crippen molar-refractivity contribution in [3.63, 3.8) is 0 Å². The summed E-state index contributed by atoms with van der Waals surface area (Å²) in [4.78, 5) is 11.8. The molecule has 1 unspecified atom stereocenters. The number of nitrogens with zero attached hydrogens (tertiary/aromatic N) is 1. The van der Waals surface area contributed by atoms with Crippen LogP contribution >= 0.6 is 0 Å². The van der Waals surface area contributed by atoms with Crippen molar-refractivity contribution < 1.29 is 14.3 Å². The number of halogens is 1. The predicted molar refractivity (Wildman–Crippen MR) is 59.8 cm³/mol. The molecule has 17 heavy (non-hydrogen) atoms. The Kier molecular flexibility index (Phi) is 3.69. The molecule has 0 aromatic heterocycles. The number of amides is 1. The largest absolute Gasteiger partial charge is 0.507 e. The van der Waals surface area contributed by atoms with E-state index in [1.165, 1.54) is 19.1 Å². The van der Waals surface area contributed by atoms with Gasteiger partial charge in [0.25, 0.3) is 5.91 Å². The highest BCUT2D eigenvalue weighted by Gasteiger charge is 2.27. The Morgan fingerprint density at radius 1 is 1.65 bits per heavy atom. The van der Waals surface area contributed by atoms with Crippen LogP contribution in [0.1, 0.15) is 30.6 Å². The molecule has 1 amide bonds. The number of nitriles is 1. The van der Waals surface area contributed by atoms with Crippen molar-refractivity contribution in [2.75, 3.05) is 0 Å². The van der Waals surface area contributed by atoms with Crippen LogP contribution in [0.3, 0.4) is 0 Å². The summed E-state index contributed by atoms with van der Waals surface area (Å²) in [6.45, 7) is 3.26. The highest BCUT2D eigenvalue weighted by atomic mass is 19.1. The number of carbonyl (C=O) groups excluding carboxylic acids is 1. The lowest BCUT2D eigenvalue weighted by molar-refractivity contribution is 0.0916. The van der Waals surface area contributed by atoms with E-state index in [-0.39, 0.29) is 0 Å². The van der Waals surface area contributed by atoms with Gasteiger partial charge < -0.3 is 10.4 Å². The zero-order chi connectivity index (χ0) is 13.1. The summed E-state index contributed by atoms with van der Waals surface area (Å²) in [6.07, 6.45) is 0.379. The number of phenolic OH excluding ortho intramolecular Hbond substituents is 1. The first-order chi connectivity index (χ1) is 7.93. The van der Waals surface area contributed by atoms with Gasteiger partial charge in [-0.1, -0.05) is 13.0 Å². The second-order valence-electron chi connectivity index (χ2n) is 3.89. The fraction of sp³-hybridized carbons (Fsp3) is 0.333. The van der Waals surface area contributed by atoms with E-state index in [1.807, 2.05) is 6.07 Å². The molecule has 1 aromatic rings. The van der Waals surface area contributed by atoms with Gasteiger partial charge in [-0.3, -0.25) is 4.79 Å². The molecular weight excluding hydrogens is 223 g/mol. The standard InChI is InChI=1S/C12H13FN2O2/c1-3-12(2,7-14)15-11(17)10-8(13)5-4-6-9(10)16/h4-6,16H,3H2,1-2H3,(H,15,17). The summed E-state index contributed by atoms with van der Waals surface area (Å²) < 4.78 is 13.4. The molecule has 90 valence electrons. The SMILES string of the molecule is CCC(C)(C#N)NC(=O)c1c(O)cccc1F. The highest BCUT2D eigenvalue weighted by molar-refractivity contribution is 5.97. The van der Waals surface area contributed by atoms with Crippen molar-refractivity contribution in [2.45, 2.75) is 25.8 Å². The van der Waals surface area contributed by atoms with E-state index in [2.05, 4.69) is 5.32 Å². The molecule has 0 aliphatic heterocycles. The smallest absolute Gasteiger partial charge is 0.259 e. The van der Waals surface area contributed by atoms with Crippen molar-refractivity contribution in [1.29, 1.82) is 5.26 Å². The molecule has 1 atom stereocenters. The number of phenols is 1. The minimum absolute atomic E-state index is 0.379. The number of nitrogens with one attached hydrogen (secondary N) is 1. The van der Waals surface area contributed by atoms with Gasteiger partial charge in [0.15, 0.2) is 0 Å². The van der Waals surface area contributed by atoms with Crippen molar-refractivity contribution in [2.24, 2.45) is 0 Å². The van der Waals surface area contributed by atoms with E-state index in [0.717, 1.165) is 6.07 Å². The molecular formula is C12H13FN2O2. The second-order valence-corrected chi connectivity index (χ2v) is 3.89. The van der Waals surface area contributed by atoms with E-state index in [0.29, 0.717) is 6.42 Å². The second kappa shape index (κ2) is 4.83. The van der Waals surface area contributed by atoms with Crippen LogP contribution in [0, 0.1) is 17.1 Å². The summed E-state index contributed by atoms with van der Waals surface area (Å²) >= 11 is 0. The highest BCUT2D eigenvalue weighted by Crippen LogP contribution is 2.20. The van der Waals surface area contributed by atoms with E-state index in [1.54, 1.807) is 6.92 Å². The van der Waals surface area contributed by atoms with Crippen molar-refractivity contribution >= 4 is 5.91 Å². The van der Waals surface area contributed by atoms with Crippen molar-refractivity contribution in [1.82, 2.24) is 5.32 Å². The quantitative estimate of drug-likeness (QED) is 0.842. The van der Waals surface area contributed by atoms with Crippen LogP contribution in [0.2, 0.25) is 0 Å². The molecule has 0 radical (unpaired) electrons. The average Bonchev–Trinajstić information content (AvgIpc) is 2.28. The average molecular weight is 236 g/mol. The van der Waals surface area contributed by atoms with E-state index < -0.39 is 28.6 Å². The van der Waals surface area contributed by atoms with E-state index in [9.17, 15) is 14.3 Å². The van der Waals surface area contributed by atoms with Crippen LogP contribution in [0.15, 0.2) is 18.2 Å². The van der Waals surface area contributed by atoms with Crippen molar-refractivity contribution in [3.8, 4) is 11.8 Å². The molecule has 1 rings (SSSR count). The summed E-state index contributed by atoms with van der Waals surface area (Å²) in [7, 11) is 0. The molecule has 0 bridgehead atoms.